The van der Waals surface area contributed by atoms with Crippen LogP contribution in [0.5, 0.6) is 0 Å². The Morgan fingerprint density at radius 3 is 2.03 bits per heavy atom. The lowest BCUT2D eigenvalue weighted by atomic mass is 9.95. The van der Waals surface area contributed by atoms with Crippen molar-refractivity contribution in [2.45, 2.75) is 105 Å². The Balaban J connectivity index is 2.50. The second kappa shape index (κ2) is 14.2. The maximum absolute atomic E-state index is 14.1. The van der Waals surface area contributed by atoms with E-state index in [1.807, 2.05) is 69.3 Å². The molecule has 214 valence electrons. The van der Waals surface area contributed by atoms with Crippen LogP contribution >= 0.6 is 0 Å². The molecule has 0 saturated carbocycles. The minimum atomic E-state index is -0.892. The number of benzene rings is 2. The summed E-state index contributed by atoms with van der Waals surface area (Å²) < 4.78 is 5.39. The summed E-state index contributed by atoms with van der Waals surface area (Å²) in [6, 6.07) is 13.6. The molecule has 0 heterocycles. The summed E-state index contributed by atoms with van der Waals surface area (Å²) in [6.07, 6.45) is 0.939. The van der Waals surface area contributed by atoms with Crippen molar-refractivity contribution in [2.75, 3.05) is 0 Å². The first-order valence-corrected chi connectivity index (χ1v) is 13.9. The second-order valence-corrected chi connectivity index (χ2v) is 12.0. The maximum Gasteiger partial charge on any atom is 0.408 e. The van der Waals surface area contributed by atoms with Gasteiger partial charge < -0.3 is 20.3 Å². The van der Waals surface area contributed by atoms with Crippen molar-refractivity contribution in [1.29, 1.82) is 0 Å². The van der Waals surface area contributed by atoms with Gasteiger partial charge in [-0.1, -0.05) is 73.5 Å². The Morgan fingerprint density at radius 2 is 1.49 bits per heavy atom. The summed E-state index contributed by atoms with van der Waals surface area (Å²) in [7, 11) is 0. The second-order valence-electron chi connectivity index (χ2n) is 12.0. The van der Waals surface area contributed by atoms with Crippen LogP contribution in [0.2, 0.25) is 0 Å². The highest BCUT2D eigenvalue weighted by atomic mass is 16.6. The van der Waals surface area contributed by atoms with E-state index in [2.05, 4.69) is 24.5 Å². The molecule has 2 aromatic rings. The van der Waals surface area contributed by atoms with Crippen LogP contribution in [0.3, 0.4) is 0 Å². The van der Waals surface area contributed by atoms with Crippen molar-refractivity contribution in [3.05, 3.63) is 70.8 Å². The third kappa shape index (κ3) is 10.4. The van der Waals surface area contributed by atoms with Crippen LogP contribution in [0.25, 0.3) is 0 Å². The van der Waals surface area contributed by atoms with E-state index in [0.717, 1.165) is 35.1 Å². The van der Waals surface area contributed by atoms with Gasteiger partial charge in [-0.15, -0.1) is 0 Å². The van der Waals surface area contributed by atoms with Crippen LogP contribution in [-0.2, 0) is 20.9 Å². The van der Waals surface area contributed by atoms with Crippen LogP contribution in [0, 0.1) is 19.8 Å². The Labute approximate surface area is 234 Å². The Bertz CT molecular complexity index is 1090. The average molecular weight is 538 g/mol. The van der Waals surface area contributed by atoms with Crippen molar-refractivity contribution in [3.63, 3.8) is 0 Å². The van der Waals surface area contributed by atoms with Gasteiger partial charge in [-0.05, 0) is 78.4 Å². The number of ether oxygens (including phenoxy) is 1. The summed E-state index contributed by atoms with van der Waals surface area (Å²) in [5.74, 6) is -0.164. The van der Waals surface area contributed by atoms with E-state index in [0.29, 0.717) is 12.5 Å². The average Bonchev–Trinajstić information content (AvgIpc) is 2.82. The molecule has 3 unspecified atom stereocenters. The maximum atomic E-state index is 14.1. The van der Waals surface area contributed by atoms with E-state index < -0.39 is 23.8 Å². The van der Waals surface area contributed by atoms with Gasteiger partial charge in [0.25, 0.3) is 0 Å². The minimum absolute atomic E-state index is 0.254. The summed E-state index contributed by atoms with van der Waals surface area (Å²) in [6.45, 7) is 17.5. The number of nitrogens with zero attached hydrogens (tertiary/aromatic N) is 1. The monoisotopic (exact) mass is 537 g/mol. The molecule has 0 aliphatic rings. The van der Waals surface area contributed by atoms with Gasteiger partial charge >= 0.3 is 6.09 Å². The normalized spacial score (nSPS) is 13.8. The quantitative estimate of drug-likeness (QED) is 0.356. The van der Waals surface area contributed by atoms with Crippen molar-refractivity contribution >= 4 is 17.9 Å². The van der Waals surface area contributed by atoms with Crippen molar-refractivity contribution in [1.82, 2.24) is 15.5 Å². The highest BCUT2D eigenvalue weighted by molar-refractivity contribution is 5.92. The van der Waals surface area contributed by atoms with Gasteiger partial charge in [0, 0.05) is 12.6 Å². The molecule has 0 fully saturated rings. The first-order chi connectivity index (χ1) is 18.2. The molecule has 39 heavy (non-hydrogen) atoms. The smallest absolute Gasteiger partial charge is 0.408 e. The molecule has 7 heteroatoms. The number of alkyl carbamates (subject to hydrolysis) is 1. The summed E-state index contributed by atoms with van der Waals surface area (Å²) >= 11 is 0. The lowest BCUT2D eigenvalue weighted by molar-refractivity contribution is -0.145. The SMILES string of the molecule is Cc1cc(C)cc(C(C(=O)NCc2ccccc2)N(C(=O)C(C)NC(=O)OC(C)(C)C)C(C)CCC(C)C)c1. The molecule has 7 nitrogen and oxygen atoms in total. The fourth-order valence-corrected chi connectivity index (χ4v) is 4.57. The number of hydrogen-bond acceptors (Lipinski definition) is 4. The summed E-state index contributed by atoms with van der Waals surface area (Å²) in [5, 5.41) is 5.74. The summed E-state index contributed by atoms with van der Waals surface area (Å²) in [4.78, 5) is 42.2. The fourth-order valence-electron chi connectivity index (χ4n) is 4.57. The number of carbonyl (C=O) groups is 3. The third-order valence-corrected chi connectivity index (χ3v) is 6.39. The zero-order valence-corrected chi connectivity index (χ0v) is 25.1. The van der Waals surface area contributed by atoms with Gasteiger partial charge in [-0.2, -0.15) is 0 Å². The van der Waals surface area contributed by atoms with Crippen LogP contribution in [0.1, 0.15) is 89.6 Å². The molecular weight excluding hydrogens is 490 g/mol. The van der Waals surface area contributed by atoms with Gasteiger partial charge in [-0.3, -0.25) is 9.59 Å². The highest BCUT2D eigenvalue weighted by Crippen LogP contribution is 2.29. The van der Waals surface area contributed by atoms with Crippen LogP contribution in [0.15, 0.2) is 48.5 Å². The van der Waals surface area contributed by atoms with Crippen molar-refractivity contribution in [3.8, 4) is 0 Å². The van der Waals surface area contributed by atoms with E-state index in [4.69, 9.17) is 4.74 Å². The molecule has 0 aromatic heterocycles. The van der Waals surface area contributed by atoms with Gasteiger partial charge in [0.2, 0.25) is 11.8 Å². The molecule has 0 bridgehead atoms. The van der Waals surface area contributed by atoms with E-state index in [9.17, 15) is 14.4 Å². The number of amides is 3. The molecule has 0 spiro atoms. The molecule has 2 rings (SSSR count). The molecule has 0 aliphatic heterocycles. The standard InChI is InChI=1S/C32H47N3O4/c1-21(2)15-16-24(5)35(30(37)25(6)34-31(38)39-32(7,8)9)28(27-18-22(3)17-23(4)19-27)29(36)33-20-26-13-11-10-12-14-26/h10-14,17-19,21,24-25,28H,15-16,20H2,1-9H3,(H,33,36)(H,34,38). The molecule has 2 aromatic carbocycles. The van der Waals surface area contributed by atoms with Crippen molar-refractivity contribution in [2.24, 2.45) is 5.92 Å². The number of hydrogen-bond donors (Lipinski definition) is 2. The van der Waals surface area contributed by atoms with Crippen LogP contribution in [0.4, 0.5) is 4.79 Å². The zero-order valence-electron chi connectivity index (χ0n) is 25.1. The van der Waals surface area contributed by atoms with E-state index in [1.54, 1.807) is 32.6 Å². The number of carbonyl (C=O) groups excluding carboxylic acids is 3. The first kappa shape index (κ1) is 31.9. The summed E-state index contributed by atoms with van der Waals surface area (Å²) in [5.41, 5.74) is 3.03. The number of rotatable bonds is 11. The van der Waals surface area contributed by atoms with Crippen molar-refractivity contribution < 1.29 is 19.1 Å². The fraction of sp³-hybridized carbons (Fsp3) is 0.531. The van der Waals surface area contributed by atoms with Crippen LogP contribution in [-0.4, -0.2) is 40.5 Å². The predicted octanol–water partition coefficient (Wildman–Crippen LogP) is 6.23. The molecule has 0 saturated heterocycles. The predicted molar refractivity (Wildman–Crippen MR) is 156 cm³/mol. The molecule has 3 atom stereocenters. The largest absolute Gasteiger partial charge is 0.444 e. The van der Waals surface area contributed by atoms with Gasteiger partial charge in [-0.25, -0.2) is 4.79 Å². The first-order valence-electron chi connectivity index (χ1n) is 13.9. The number of aryl methyl sites for hydroxylation is 2. The molecule has 0 aliphatic carbocycles. The van der Waals surface area contributed by atoms with E-state index >= 15 is 0 Å². The zero-order chi connectivity index (χ0) is 29.3. The Morgan fingerprint density at radius 1 is 0.897 bits per heavy atom. The lowest BCUT2D eigenvalue weighted by Crippen LogP contribution is -2.54. The van der Waals surface area contributed by atoms with E-state index in [-0.39, 0.29) is 17.9 Å². The minimum Gasteiger partial charge on any atom is -0.444 e. The molecule has 3 amide bonds. The molecular formula is C32H47N3O4. The highest BCUT2D eigenvalue weighted by Gasteiger charge is 2.37. The molecule has 2 N–H and O–H groups in total. The van der Waals surface area contributed by atoms with Gasteiger partial charge in [0.1, 0.15) is 17.7 Å². The van der Waals surface area contributed by atoms with E-state index in [1.165, 1.54) is 0 Å². The van der Waals surface area contributed by atoms with Gasteiger partial charge in [0.05, 0.1) is 0 Å². The third-order valence-electron chi connectivity index (χ3n) is 6.39. The van der Waals surface area contributed by atoms with Crippen LogP contribution < -0.4 is 10.6 Å². The topological polar surface area (TPSA) is 87.7 Å². The number of nitrogens with one attached hydrogen (secondary N) is 2. The molecule has 0 radical (unpaired) electrons. The lowest BCUT2D eigenvalue weighted by Gasteiger charge is -2.38. The Kier molecular flexibility index (Phi) is 11.6. The van der Waals surface area contributed by atoms with Gasteiger partial charge in [0.15, 0.2) is 0 Å². The Hall–Kier alpha value is -3.35.